The molecule has 0 radical (unpaired) electrons. The number of fused-ring (bicyclic) bond motifs is 16. The Morgan fingerprint density at radius 3 is 1.35 bits per heavy atom. The Hall–Kier alpha value is -8.78. The first-order valence-corrected chi connectivity index (χ1v) is 29.6. The van der Waals surface area contributed by atoms with Crippen molar-refractivity contribution in [3.05, 3.63) is 292 Å². The lowest BCUT2D eigenvalue weighted by Crippen LogP contribution is -2.27. The summed E-state index contributed by atoms with van der Waals surface area (Å²) < 4.78 is 0. The van der Waals surface area contributed by atoms with Crippen molar-refractivity contribution in [3.63, 3.8) is 0 Å². The van der Waals surface area contributed by atoms with E-state index in [1.807, 2.05) is 0 Å². The van der Waals surface area contributed by atoms with Gasteiger partial charge < -0.3 is 4.90 Å². The summed E-state index contributed by atoms with van der Waals surface area (Å²) in [5.41, 5.74) is 34.1. The average molecular weight is 1060 g/mol. The van der Waals surface area contributed by atoms with Gasteiger partial charge in [-0.2, -0.15) is 0 Å². The van der Waals surface area contributed by atoms with Gasteiger partial charge >= 0.3 is 0 Å². The number of nitrogens with zero attached hydrogens (tertiary/aromatic N) is 1. The molecule has 1 nitrogen and oxygen atoms in total. The van der Waals surface area contributed by atoms with Gasteiger partial charge in [-0.3, -0.25) is 0 Å². The van der Waals surface area contributed by atoms with E-state index < -0.39 is 5.41 Å². The van der Waals surface area contributed by atoms with Crippen LogP contribution >= 0.6 is 0 Å². The fraction of sp³-hybridized carbons (Fsp3) is 0.185. The Kier molecular flexibility index (Phi) is 10.8. The van der Waals surface area contributed by atoms with Crippen molar-refractivity contribution in [1.82, 2.24) is 0 Å². The minimum absolute atomic E-state index is 0.0202. The van der Waals surface area contributed by atoms with E-state index in [2.05, 4.69) is 311 Å². The second-order valence-electron chi connectivity index (χ2n) is 26.8. The highest BCUT2D eigenvalue weighted by atomic mass is 15.1. The number of para-hydroxylation sites is 2. The molecule has 11 aromatic carbocycles. The third kappa shape index (κ3) is 7.05. The molecule has 0 unspecified atom stereocenters. The molecule has 0 fully saturated rings. The van der Waals surface area contributed by atoms with Crippen LogP contribution in [0.3, 0.4) is 0 Å². The third-order valence-electron chi connectivity index (χ3n) is 19.4. The van der Waals surface area contributed by atoms with E-state index in [9.17, 15) is 0 Å². The summed E-state index contributed by atoms with van der Waals surface area (Å²) in [6, 6.07) is 90.9. The first kappa shape index (κ1) is 50.2. The van der Waals surface area contributed by atoms with Crippen molar-refractivity contribution >= 4 is 17.1 Å². The van der Waals surface area contributed by atoms with E-state index >= 15 is 0 Å². The molecule has 0 heterocycles. The molecule has 4 aliphatic carbocycles. The molecular weight excluding hydrogens is 987 g/mol. The van der Waals surface area contributed by atoms with Gasteiger partial charge in [-0.15, -0.1) is 0 Å². The van der Waals surface area contributed by atoms with E-state index in [0.717, 1.165) is 17.1 Å². The van der Waals surface area contributed by atoms with Crippen molar-refractivity contribution < 1.29 is 0 Å². The van der Waals surface area contributed by atoms with Crippen molar-refractivity contribution in [2.75, 3.05) is 4.90 Å². The molecule has 0 aliphatic heterocycles. The first-order valence-electron chi connectivity index (χ1n) is 29.6. The molecule has 0 aromatic heterocycles. The predicted octanol–water partition coefficient (Wildman–Crippen LogP) is 21.7. The van der Waals surface area contributed by atoms with Crippen LogP contribution in [0.15, 0.2) is 237 Å². The molecule has 398 valence electrons. The van der Waals surface area contributed by atoms with Crippen LogP contribution in [0.5, 0.6) is 0 Å². The molecule has 15 rings (SSSR count). The SMILES string of the molecule is CC(C)(C)c1ccc2c(c1)C1(c3ccccc3-c3cc(-c4ccccc4N(c4ccc(-c5cccc6c5C(C)(C)c5ccccc5-6)cc4)c4ccccc4-c4cccc5c4-c4ccccc4C5(C)C)ccc31)c1cc(C(C)(C)C)ccc1-2. The van der Waals surface area contributed by atoms with E-state index in [-0.39, 0.29) is 21.7 Å². The molecule has 1 spiro atoms. The second kappa shape index (κ2) is 17.6. The summed E-state index contributed by atoms with van der Waals surface area (Å²) in [5.74, 6) is 0. The first-order chi connectivity index (χ1) is 39.5. The van der Waals surface area contributed by atoms with E-state index in [1.54, 1.807) is 0 Å². The van der Waals surface area contributed by atoms with Gasteiger partial charge in [0.25, 0.3) is 0 Å². The lowest BCUT2D eigenvalue weighted by molar-refractivity contribution is 0.586. The zero-order valence-electron chi connectivity index (χ0n) is 49.0. The van der Waals surface area contributed by atoms with Crippen molar-refractivity contribution in [2.45, 2.75) is 96.3 Å². The molecule has 11 aromatic rings. The maximum atomic E-state index is 2.55. The number of rotatable bonds is 6. The van der Waals surface area contributed by atoms with Crippen molar-refractivity contribution in [1.29, 1.82) is 0 Å². The van der Waals surface area contributed by atoms with Gasteiger partial charge in [-0.1, -0.05) is 275 Å². The Morgan fingerprint density at radius 2 is 0.720 bits per heavy atom. The van der Waals surface area contributed by atoms with Gasteiger partial charge in [0.2, 0.25) is 0 Å². The molecule has 4 aliphatic rings. The van der Waals surface area contributed by atoms with Crippen LogP contribution in [0.2, 0.25) is 0 Å². The van der Waals surface area contributed by atoms with Crippen LogP contribution in [-0.2, 0) is 27.1 Å². The van der Waals surface area contributed by atoms with Gasteiger partial charge in [-0.05, 0) is 164 Å². The highest BCUT2D eigenvalue weighted by Gasteiger charge is 2.52. The van der Waals surface area contributed by atoms with E-state index in [0.29, 0.717) is 0 Å². The smallest absolute Gasteiger partial charge is 0.0725 e. The lowest BCUT2D eigenvalue weighted by atomic mass is 9.68. The molecule has 0 bridgehead atoms. The summed E-state index contributed by atoms with van der Waals surface area (Å²) in [5, 5.41) is 0. The molecular formula is C81H69N. The number of anilines is 3. The largest absolute Gasteiger partial charge is 0.309 e. The summed E-state index contributed by atoms with van der Waals surface area (Å²) in [7, 11) is 0. The fourth-order valence-corrected chi connectivity index (χ4v) is 15.4. The van der Waals surface area contributed by atoms with Crippen LogP contribution in [0.4, 0.5) is 17.1 Å². The van der Waals surface area contributed by atoms with Crippen LogP contribution in [0, 0.1) is 0 Å². The molecule has 0 N–H and O–H groups in total. The van der Waals surface area contributed by atoms with Gasteiger partial charge in [0.1, 0.15) is 0 Å². The van der Waals surface area contributed by atoms with Crippen LogP contribution < -0.4 is 4.90 Å². The second-order valence-corrected chi connectivity index (χ2v) is 26.8. The lowest BCUT2D eigenvalue weighted by Gasteiger charge is -2.33. The van der Waals surface area contributed by atoms with E-state index in [1.165, 1.54) is 134 Å². The Bertz CT molecular complexity index is 4400. The van der Waals surface area contributed by atoms with Gasteiger partial charge in [-0.25, -0.2) is 0 Å². The van der Waals surface area contributed by atoms with Gasteiger partial charge in [0.15, 0.2) is 0 Å². The average Bonchev–Trinajstić information content (AvgIpc) is 1.97. The predicted molar refractivity (Wildman–Crippen MR) is 346 cm³/mol. The number of hydrogen-bond donors (Lipinski definition) is 0. The fourth-order valence-electron chi connectivity index (χ4n) is 15.4. The maximum Gasteiger partial charge on any atom is 0.0725 e. The quantitative estimate of drug-likeness (QED) is 0.160. The van der Waals surface area contributed by atoms with Crippen LogP contribution in [-0.4, -0.2) is 0 Å². The topological polar surface area (TPSA) is 3.24 Å². The Labute approximate surface area is 485 Å². The summed E-state index contributed by atoms with van der Waals surface area (Å²) in [6.07, 6.45) is 0. The van der Waals surface area contributed by atoms with Crippen LogP contribution in [0.25, 0.3) is 77.9 Å². The molecule has 1 heteroatoms. The minimum atomic E-state index is -0.482. The summed E-state index contributed by atoms with van der Waals surface area (Å²) in [6.45, 7) is 23.6. The Balaban J connectivity index is 0.942. The summed E-state index contributed by atoms with van der Waals surface area (Å²) in [4.78, 5) is 2.54. The van der Waals surface area contributed by atoms with Crippen molar-refractivity contribution in [3.8, 4) is 77.9 Å². The van der Waals surface area contributed by atoms with Gasteiger partial charge in [0, 0.05) is 27.6 Å². The van der Waals surface area contributed by atoms with E-state index in [4.69, 9.17) is 0 Å². The molecule has 0 saturated carbocycles. The molecule has 0 atom stereocenters. The summed E-state index contributed by atoms with van der Waals surface area (Å²) >= 11 is 0. The third-order valence-corrected chi connectivity index (χ3v) is 19.4. The highest BCUT2D eigenvalue weighted by molar-refractivity contribution is 6.02. The van der Waals surface area contributed by atoms with Crippen LogP contribution in [0.1, 0.15) is 125 Å². The Morgan fingerprint density at radius 1 is 0.280 bits per heavy atom. The number of benzene rings is 11. The molecule has 0 amide bonds. The van der Waals surface area contributed by atoms with Gasteiger partial charge in [0.05, 0.1) is 16.8 Å². The maximum absolute atomic E-state index is 2.55. The number of hydrogen-bond acceptors (Lipinski definition) is 1. The monoisotopic (exact) mass is 1060 g/mol. The standard InChI is InChI=1S/C81H69N/c1-77(2,3)52-40-44-59-60-45-41-53(78(4,5)6)49-72(60)81(71(59)48-52)68-33-18-12-25-58(68)65-47-51(39-46-69(65)81)55-23-14-19-35-73(55)82(54-42-37-50(38-43-54)56-28-21-30-63-57-24-11-16-31-66(57)80(9,10)76(56)63)74-36-20-15-26-61(74)62-29-22-34-70-75(62)64-27-13-17-32-67(64)79(70,7)8/h11-49H,1-10H3. The highest BCUT2D eigenvalue weighted by Crippen LogP contribution is 2.64. The minimum Gasteiger partial charge on any atom is -0.309 e. The normalized spacial score (nSPS) is 15.0. The van der Waals surface area contributed by atoms with Crippen molar-refractivity contribution in [2.24, 2.45) is 0 Å². The molecule has 82 heavy (non-hydrogen) atoms. The zero-order valence-corrected chi connectivity index (χ0v) is 49.0. The molecule has 0 saturated heterocycles. The zero-order chi connectivity index (χ0) is 56.2.